The Hall–Kier alpha value is -1.71. The first-order valence-electron chi connectivity index (χ1n) is 6.74. The average Bonchev–Trinajstić information content (AvgIpc) is 3.08. The predicted octanol–water partition coefficient (Wildman–Crippen LogP) is 0.514. The number of aryl methyl sites for hydroxylation is 1. The van der Waals surface area contributed by atoms with Crippen molar-refractivity contribution in [3.63, 3.8) is 0 Å². The molecule has 2 heterocycles. The fourth-order valence-electron chi connectivity index (χ4n) is 2.07. The van der Waals surface area contributed by atoms with Crippen LogP contribution in [0, 0.1) is 0 Å². The molecule has 8 nitrogen and oxygen atoms in total. The van der Waals surface area contributed by atoms with E-state index in [2.05, 4.69) is 19.9 Å². The lowest BCUT2D eigenvalue weighted by Gasteiger charge is -2.10. The molecule has 0 spiro atoms. The van der Waals surface area contributed by atoms with Gasteiger partial charge in [-0.15, -0.1) is 0 Å². The van der Waals surface area contributed by atoms with Gasteiger partial charge in [-0.05, 0) is 19.4 Å². The number of sulfonamides is 1. The average molecular weight is 312 g/mol. The molecule has 0 aliphatic rings. The Bertz CT molecular complexity index is 677. The zero-order chi connectivity index (χ0) is 15.5. The van der Waals surface area contributed by atoms with E-state index in [0.717, 1.165) is 18.7 Å². The molecule has 0 radical (unpaired) electrons. The van der Waals surface area contributed by atoms with Gasteiger partial charge >= 0.3 is 0 Å². The minimum absolute atomic E-state index is 0.211. The molecule has 0 aromatic carbocycles. The number of hydrogen-bond acceptors (Lipinski definition) is 5. The molecule has 21 heavy (non-hydrogen) atoms. The Morgan fingerprint density at radius 2 is 2.29 bits per heavy atom. The lowest BCUT2D eigenvalue weighted by Crippen LogP contribution is -2.27. The molecule has 0 bridgehead atoms. The van der Waals surface area contributed by atoms with Gasteiger partial charge in [0, 0.05) is 25.0 Å². The van der Waals surface area contributed by atoms with Gasteiger partial charge in [0.1, 0.15) is 12.2 Å². The van der Waals surface area contributed by atoms with E-state index >= 15 is 0 Å². The molecule has 0 aliphatic carbocycles. The summed E-state index contributed by atoms with van der Waals surface area (Å²) in [6, 6.07) is 1.11. The standard InChI is InChI=1S/C12H20N6O2S/c1-3-4-18-7-11(5-10(18)6-13)21(19,20)17-9(2)12-14-8-15-16-12/h5,7-9,17H,3-4,6,13H2,1-2H3,(H,14,15,16). The van der Waals surface area contributed by atoms with Crippen molar-refractivity contribution in [2.75, 3.05) is 0 Å². The van der Waals surface area contributed by atoms with Crippen LogP contribution < -0.4 is 10.5 Å². The maximum absolute atomic E-state index is 12.4. The summed E-state index contributed by atoms with van der Waals surface area (Å²) in [6.07, 6.45) is 3.86. The van der Waals surface area contributed by atoms with Crippen LogP contribution in [0.3, 0.4) is 0 Å². The minimum Gasteiger partial charge on any atom is -0.349 e. The lowest BCUT2D eigenvalue weighted by atomic mass is 10.3. The molecule has 116 valence electrons. The smallest absolute Gasteiger partial charge is 0.242 e. The van der Waals surface area contributed by atoms with Gasteiger partial charge in [-0.2, -0.15) is 5.10 Å². The van der Waals surface area contributed by atoms with Crippen molar-refractivity contribution < 1.29 is 8.42 Å². The monoisotopic (exact) mass is 312 g/mol. The number of nitrogens with one attached hydrogen (secondary N) is 2. The molecule has 1 atom stereocenters. The largest absolute Gasteiger partial charge is 0.349 e. The SMILES string of the molecule is CCCn1cc(S(=O)(=O)NC(C)c2ncn[nH]2)cc1CN. The second kappa shape index (κ2) is 6.37. The molecule has 2 aromatic rings. The highest BCUT2D eigenvalue weighted by atomic mass is 32.2. The van der Waals surface area contributed by atoms with Crippen molar-refractivity contribution in [3.05, 3.63) is 30.1 Å². The van der Waals surface area contributed by atoms with E-state index in [1.807, 2.05) is 11.5 Å². The normalized spacial score (nSPS) is 13.5. The summed E-state index contributed by atoms with van der Waals surface area (Å²) in [5.74, 6) is 0.464. The number of nitrogens with zero attached hydrogens (tertiary/aromatic N) is 3. The summed E-state index contributed by atoms with van der Waals surface area (Å²) >= 11 is 0. The van der Waals surface area contributed by atoms with E-state index in [1.54, 1.807) is 19.2 Å². The van der Waals surface area contributed by atoms with Crippen molar-refractivity contribution in [1.29, 1.82) is 0 Å². The van der Waals surface area contributed by atoms with Gasteiger partial charge in [-0.25, -0.2) is 18.1 Å². The summed E-state index contributed by atoms with van der Waals surface area (Å²) in [6.45, 7) is 4.76. The van der Waals surface area contributed by atoms with Crippen LogP contribution in [-0.4, -0.2) is 28.2 Å². The zero-order valence-electron chi connectivity index (χ0n) is 12.1. The maximum atomic E-state index is 12.4. The molecular formula is C12H20N6O2S. The number of H-pyrrole nitrogens is 1. The van der Waals surface area contributed by atoms with Gasteiger partial charge in [0.2, 0.25) is 10.0 Å². The first-order valence-corrected chi connectivity index (χ1v) is 8.23. The molecule has 4 N–H and O–H groups in total. The molecule has 0 saturated carbocycles. The predicted molar refractivity (Wildman–Crippen MR) is 77.7 cm³/mol. The second-order valence-electron chi connectivity index (χ2n) is 4.78. The van der Waals surface area contributed by atoms with Crippen LogP contribution in [0.5, 0.6) is 0 Å². The van der Waals surface area contributed by atoms with Gasteiger partial charge < -0.3 is 10.3 Å². The molecule has 1 unspecified atom stereocenters. The van der Waals surface area contributed by atoms with E-state index in [-0.39, 0.29) is 4.90 Å². The van der Waals surface area contributed by atoms with Gasteiger partial charge in [0.15, 0.2) is 0 Å². The second-order valence-corrected chi connectivity index (χ2v) is 6.49. The van der Waals surface area contributed by atoms with Crippen molar-refractivity contribution in [1.82, 2.24) is 24.5 Å². The Kier molecular flexibility index (Phi) is 4.76. The molecule has 9 heteroatoms. The van der Waals surface area contributed by atoms with Crippen LogP contribution in [0.15, 0.2) is 23.5 Å². The topological polar surface area (TPSA) is 119 Å². The molecule has 2 rings (SSSR count). The zero-order valence-corrected chi connectivity index (χ0v) is 12.9. The third-order valence-corrected chi connectivity index (χ3v) is 4.63. The fraction of sp³-hybridized carbons (Fsp3) is 0.500. The van der Waals surface area contributed by atoms with Gasteiger partial charge in [-0.3, -0.25) is 5.10 Å². The number of hydrogen-bond donors (Lipinski definition) is 3. The number of rotatable bonds is 7. The molecule has 0 aliphatic heterocycles. The van der Waals surface area contributed by atoms with Crippen LogP contribution in [0.25, 0.3) is 0 Å². The van der Waals surface area contributed by atoms with Crippen molar-refractivity contribution in [2.45, 2.75) is 44.3 Å². The van der Waals surface area contributed by atoms with Gasteiger partial charge in [0.25, 0.3) is 0 Å². The van der Waals surface area contributed by atoms with E-state index < -0.39 is 16.1 Å². The van der Waals surface area contributed by atoms with Crippen molar-refractivity contribution in [2.24, 2.45) is 5.73 Å². The highest BCUT2D eigenvalue weighted by Gasteiger charge is 2.22. The van der Waals surface area contributed by atoms with Crippen LogP contribution >= 0.6 is 0 Å². The van der Waals surface area contributed by atoms with Crippen LogP contribution in [0.1, 0.15) is 37.8 Å². The molecule has 0 saturated heterocycles. The summed E-state index contributed by atoms with van der Waals surface area (Å²) < 4.78 is 29.2. The van der Waals surface area contributed by atoms with E-state index in [4.69, 9.17) is 5.73 Å². The molecule has 0 amide bonds. The Morgan fingerprint density at radius 1 is 1.52 bits per heavy atom. The van der Waals surface area contributed by atoms with Gasteiger partial charge in [-0.1, -0.05) is 6.92 Å². The highest BCUT2D eigenvalue weighted by molar-refractivity contribution is 7.89. The van der Waals surface area contributed by atoms with Crippen molar-refractivity contribution in [3.8, 4) is 0 Å². The third-order valence-electron chi connectivity index (χ3n) is 3.12. The Morgan fingerprint density at radius 3 is 2.86 bits per heavy atom. The van der Waals surface area contributed by atoms with Crippen LogP contribution in [-0.2, 0) is 23.1 Å². The van der Waals surface area contributed by atoms with E-state index in [1.165, 1.54) is 6.33 Å². The maximum Gasteiger partial charge on any atom is 0.242 e. The van der Waals surface area contributed by atoms with E-state index in [9.17, 15) is 8.42 Å². The lowest BCUT2D eigenvalue weighted by molar-refractivity contribution is 0.559. The van der Waals surface area contributed by atoms with Crippen LogP contribution in [0.2, 0.25) is 0 Å². The summed E-state index contributed by atoms with van der Waals surface area (Å²) in [5, 5.41) is 6.36. The fourth-order valence-corrected chi connectivity index (χ4v) is 3.34. The number of aromatic amines is 1. The van der Waals surface area contributed by atoms with Crippen molar-refractivity contribution >= 4 is 10.0 Å². The first kappa shape index (κ1) is 15.7. The summed E-state index contributed by atoms with van der Waals surface area (Å²) in [5.41, 5.74) is 6.45. The number of nitrogens with two attached hydrogens (primary N) is 1. The summed E-state index contributed by atoms with van der Waals surface area (Å²) in [4.78, 5) is 4.15. The third kappa shape index (κ3) is 3.49. The minimum atomic E-state index is -3.63. The Labute approximate surface area is 123 Å². The molecule has 0 fully saturated rings. The van der Waals surface area contributed by atoms with Crippen LogP contribution in [0.4, 0.5) is 0 Å². The molecular weight excluding hydrogens is 292 g/mol. The van der Waals surface area contributed by atoms with E-state index in [0.29, 0.717) is 12.4 Å². The summed E-state index contributed by atoms with van der Waals surface area (Å²) in [7, 11) is -3.63. The van der Waals surface area contributed by atoms with Gasteiger partial charge in [0.05, 0.1) is 10.9 Å². The Balaban J connectivity index is 2.23. The quantitative estimate of drug-likeness (QED) is 0.688. The molecule has 2 aromatic heterocycles. The highest BCUT2D eigenvalue weighted by Crippen LogP contribution is 2.17. The first-order chi connectivity index (χ1) is 9.97. The number of aromatic nitrogens is 4.